The summed E-state index contributed by atoms with van der Waals surface area (Å²) in [6, 6.07) is 11.4. The molecule has 0 saturated heterocycles. The Morgan fingerprint density at radius 2 is 1.78 bits per heavy atom. The fraction of sp³-hybridized carbons (Fsp3) is 0. The smallest absolute Gasteiger partial charge is 0.383 e. The molecule has 0 aromatic heterocycles. The van der Waals surface area contributed by atoms with Crippen molar-refractivity contribution in [1.82, 2.24) is 0 Å². The molecule has 0 atom stereocenters. The van der Waals surface area contributed by atoms with Crippen LogP contribution >= 0.6 is 11.8 Å². The predicted molar refractivity (Wildman–Crippen MR) is 68.7 cm³/mol. The van der Waals surface area contributed by atoms with Gasteiger partial charge in [0, 0.05) is 11.0 Å². The van der Waals surface area contributed by atoms with Crippen LogP contribution in [0.1, 0.15) is 0 Å². The first kappa shape index (κ1) is 12.3. The number of benzene rings is 1. The average molecular weight is 260 g/mol. The van der Waals surface area contributed by atoms with Crippen LogP contribution in [0.15, 0.2) is 52.2 Å². The first-order valence-corrected chi connectivity index (χ1v) is 5.88. The van der Waals surface area contributed by atoms with Crippen molar-refractivity contribution in [2.45, 2.75) is 4.90 Å². The number of hydrogen-bond donors (Lipinski definition) is 1. The van der Waals surface area contributed by atoms with Crippen molar-refractivity contribution in [2.24, 2.45) is 0 Å². The number of aliphatic carboxylic acids is 1. The lowest BCUT2D eigenvalue weighted by Gasteiger charge is -1.98. The number of carboxylic acids is 1. The van der Waals surface area contributed by atoms with Crippen molar-refractivity contribution in [3.05, 3.63) is 52.7 Å². The predicted octanol–water partition coefficient (Wildman–Crippen LogP) is 1.90. The highest BCUT2D eigenvalue weighted by molar-refractivity contribution is 8.15. The van der Waals surface area contributed by atoms with Gasteiger partial charge in [-0.25, -0.2) is 4.79 Å². The normalized spacial score (nSPS) is 10.2. The van der Waals surface area contributed by atoms with Crippen LogP contribution in [0.2, 0.25) is 0 Å². The summed E-state index contributed by atoms with van der Waals surface area (Å²) >= 11 is 0.550. The zero-order valence-electron chi connectivity index (χ0n) is 9.12. The second kappa shape index (κ2) is 5.01. The van der Waals surface area contributed by atoms with Crippen molar-refractivity contribution in [2.75, 3.05) is 0 Å². The highest BCUT2D eigenvalue weighted by atomic mass is 32.2. The molecular weight excluding hydrogens is 252 g/mol. The van der Waals surface area contributed by atoms with Gasteiger partial charge in [-0.15, -0.1) is 0 Å². The molecule has 0 heterocycles. The minimum absolute atomic E-state index is 0.271. The monoisotopic (exact) mass is 260 g/mol. The first-order valence-electron chi connectivity index (χ1n) is 5.06. The van der Waals surface area contributed by atoms with Gasteiger partial charge in [-0.2, -0.15) is 0 Å². The van der Waals surface area contributed by atoms with Crippen LogP contribution in [0, 0.1) is 0 Å². The molecule has 90 valence electrons. The third-order valence-corrected chi connectivity index (χ3v) is 3.22. The fourth-order valence-corrected chi connectivity index (χ4v) is 2.28. The van der Waals surface area contributed by atoms with Crippen molar-refractivity contribution in [1.29, 1.82) is 0 Å². The van der Waals surface area contributed by atoms with Crippen molar-refractivity contribution < 1.29 is 14.7 Å². The van der Waals surface area contributed by atoms with Crippen LogP contribution in [-0.2, 0) is 9.59 Å². The number of thioether (sulfide) groups is 1. The molecule has 0 fully saturated rings. The van der Waals surface area contributed by atoms with E-state index < -0.39 is 11.1 Å². The molecule has 0 aliphatic rings. The summed E-state index contributed by atoms with van der Waals surface area (Å²) in [4.78, 5) is 33.6. The minimum Gasteiger partial charge on any atom is -0.475 e. The average Bonchev–Trinajstić information content (AvgIpc) is 2.50. The van der Waals surface area contributed by atoms with E-state index in [9.17, 15) is 14.4 Å². The molecule has 0 amide bonds. The van der Waals surface area contributed by atoms with E-state index in [0.29, 0.717) is 22.0 Å². The Labute approximate surface area is 106 Å². The highest BCUT2D eigenvalue weighted by Gasteiger charge is 2.14. The zero-order valence-corrected chi connectivity index (χ0v) is 9.94. The quantitative estimate of drug-likeness (QED) is 0.626. The molecule has 2 rings (SSSR count). The molecule has 0 aliphatic heterocycles. The van der Waals surface area contributed by atoms with Gasteiger partial charge in [-0.3, -0.25) is 9.59 Å². The number of carbonyl (C=O) groups excluding carboxylic acids is 1. The number of carboxylic acid groups (broad SMARTS) is 1. The lowest BCUT2D eigenvalue weighted by molar-refractivity contribution is -0.144. The maximum Gasteiger partial charge on any atom is 0.383 e. The Bertz CT molecular complexity index is 694. The zero-order chi connectivity index (χ0) is 13.1. The Kier molecular flexibility index (Phi) is 3.43. The largest absolute Gasteiger partial charge is 0.475 e. The molecule has 0 spiro atoms. The van der Waals surface area contributed by atoms with Crippen molar-refractivity contribution >= 4 is 33.6 Å². The summed E-state index contributed by atoms with van der Waals surface area (Å²) in [6.07, 6.45) is 0. The van der Waals surface area contributed by atoms with Gasteiger partial charge in [-0.1, -0.05) is 30.3 Å². The standard InChI is InChI=1S/C13H8O4S/c14-9-6-5-8-3-1-2-4-10(8)11(7-9)18-13(17)12(15)16/h1-7H,(H,15,16). The molecule has 0 aliphatic carbocycles. The summed E-state index contributed by atoms with van der Waals surface area (Å²) in [6.45, 7) is 0. The van der Waals surface area contributed by atoms with Crippen LogP contribution in [0.4, 0.5) is 0 Å². The topological polar surface area (TPSA) is 71.4 Å². The molecule has 2 aromatic carbocycles. The van der Waals surface area contributed by atoms with E-state index in [-0.39, 0.29) is 5.43 Å². The maximum absolute atomic E-state index is 11.5. The lowest BCUT2D eigenvalue weighted by Crippen LogP contribution is -2.07. The van der Waals surface area contributed by atoms with Gasteiger partial charge in [-0.05, 0) is 28.6 Å². The lowest BCUT2D eigenvalue weighted by atomic mass is 10.2. The summed E-state index contributed by atoms with van der Waals surface area (Å²) in [7, 11) is 0. The summed E-state index contributed by atoms with van der Waals surface area (Å²) < 4.78 is 0. The van der Waals surface area contributed by atoms with Crippen LogP contribution < -0.4 is 5.43 Å². The molecule has 2 aromatic rings. The van der Waals surface area contributed by atoms with Gasteiger partial charge >= 0.3 is 11.1 Å². The Morgan fingerprint density at radius 1 is 1.06 bits per heavy atom. The molecule has 0 bridgehead atoms. The Morgan fingerprint density at radius 3 is 2.50 bits per heavy atom. The number of rotatable bonds is 1. The van der Waals surface area contributed by atoms with Crippen LogP contribution in [0.5, 0.6) is 0 Å². The number of hydrogen-bond acceptors (Lipinski definition) is 4. The van der Waals surface area contributed by atoms with Gasteiger partial charge in [0.05, 0.1) is 0 Å². The number of fused-ring (bicyclic) bond motifs is 1. The van der Waals surface area contributed by atoms with E-state index in [4.69, 9.17) is 5.11 Å². The first-order chi connectivity index (χ1) is 8.58. The van der Waals surface area contributed by atoms with Gasteiger partial charge in [0.1, 0.15) is 0 Å². The fourth-order valence-electron chi connectivity index (χ4n) is 1.52. The molecule has 0 radical (unpaired) electrons. The Balaban J connectivity index is 2.65. The summed E-state index contributed by atoms with van der Waals surface area (Å²) in [5.41, 5.74) is -0.271. The second-order valence-corrected chi connectivity index (χ2v) is 4.54. The van der Waals surface area contributed by atoms with E-state index in [0.717, 1.165) is 5.39 Å². The molecule has 5 heteroatoms. The van der Waals surface area contributed by atoms with Crippen molar-refractivity contribution in [3.8, 4) is 0 Å². The van der Waals surface area contributed by atoms with E-state index in [1.54, 1.807) is 30.3 Å². The summed E-state index contributed by atoms with van der Waals surface area (Å²) in [5, 5.41) is 9.05. The number of carbonyl (C=O) groups is 2. The molecule has 0 unspecified atom stereocenters. The van der Waals surface area contributed by atoms with Gasteiger partial charge in [0.15, 0.2) is 5.43 Å². The minimum atomic E-state index is -1.52. The van der Waals surface area contributed by atoms with Gasteiger partial charge < -0.3 is 5.11 Å². The molecular formula is C13H8O4S. The van der Waals surface area contributed by atoms with Gasteiger partial charge in [0.2, 0.25) is 0 Å². The van der Waals surface area contributed by atoms with Crippen LogP contribution in [0.3, 0.4) is 0 Å². The molecule has 18 heavy (non-hydrogen) atoms. The Hall–Kier alpha value is -2.14. The molecule has 4 nitrogen and oxygen atoms in total. The molecule has 1 N–H and O–H groups in total. The van der Waals surface area contributed by atoms with E-state index in [2.05, 4.69) is 0 Å². The van der Waals surface area contributed by atoms with E-state index in [1.165, 1.54) is 12.1 Å². The molecule has 0 saturated carbocycles. The highest BCUT2D eigenvalue weighted by Crippen LogP contribution is 2.26. The third kappa shape index (κ3) is 2.57. The SMILES string of the molecule is O=C(O)C(=O)Sc1cc(=O)ccc2ccccc12. The third-order valence-electron chi connectivity index (χ3n) is 2.30. The van der Waals surface area contributed by atoms with E-state index in [1.807, 2.05) is 0 Å². The van der Waals surface area contributed by atoms with Crippen LogP contribution in [0.25, 0.3) is 10.8 Å². The van der Waals surface area contributed by atoms with E-state index >= 15 is 0 Å². The second-order valence-electron chi connectivity index (χ2n) is 3.53. The van der Waals surface area contributed by atoms with Crippen molar-refractivity contribution in [3.63, 3.8) is 0 Å². The van der Waals surface area contributed by atoms with Gasteiger partial charge in [0.25, 0.3) is 0 Å². The summed E-state index contributed by atoms with van der Waals surface area (Å²) in [5.74, 6) is -1.52. The maximum atomic E-state index is 11.5. The van der Waals surface area contributed by atoms with Crippen LogP contribution in [-0.4, -0.2) is 16.2 Å².